The molecule has 0 atom stereocenters. The lowest BCUT2D eigenvalue weighted by molar-refractivity contribution is -0.122. The first-order valence-corrected chi connectivity index (χ1v) is 8.45. The third-order valence-corrected chi connectivity index (χ3v) is 4.81. The molecule has 1 saturated heterocycles. The van der Waals surface area contributed by atoms with E-state index in [1.165, 1.54) is 4.90 Å². The van der Waals surface area contributed by atoms with Crippen LogP contribution in [0.2, 0.25) is 0 Å². The zero-order chi connectivity index (χ0) is 17.3. The average Bonchev–Trinajstić information content (AvgIpc) is 3.07. The number of hydrogen-bond acceptors (Lipinski definition) is 4. The minimum absolute atomic E-state index is 0.215. The molecule has 2 aromatic rings. The van der Waals surface area contributed by atoms with Crippen LogP contribution in [-0.2, 0) is 4.79 Å². The summed E-state index contributed by atoms with van der Waals surface area (Å²) in [5, 5.41) is -0.215. The summed E-state index contributed by atoms with van der Waals surface area (Å²) in [7, 11) is 1.63. The maximum atomic E-state index is 12.3. The molecule has 0 radical (unpaired) electrons. The van der Waals surface area contributed by atoms with E-state index < -0.39 is 0 Å². The lowest BCUT2D eigenvalue weighted by Crippen LogP contribution is -2.27. The van der Waals surface area contributed by atoms with Gasteiger partial charge in [0.15, 0.2) is 0 Å². The zero-order valence-corrected chi connectivity index (χ0v) is 14.6. The normalized spacial score (nSPS) is 16.3. The van der Waals surface area contributed by atoms with Crippen LogP contribution in [0, 0.1) is 6.92 Å². The molecule has 3 rings (SSSR count). The van der Waals surface area contributed by atoms with Crippen LogP contribution in [0.5, 0.6) is 5.75 Å². The molecule has 2 amide bonds. The minimum Gasteiger partial charge on any atom is -0.497 e. The molecule has 5 nitrogen and oxygen atoms in total. The number of ether oxygens (including phenoxy) is 1. The van der Waals surface area contributed by atoms with Crippen LogP contribution in [0.3, 0.4) is 0 Å². The molecule has 24 heavy (non-hydrogen) atoms. The molecule has 124 valence electrons. The third kappa shape index (κ3) is 2.85. The lowest BCUT2D eigenvalue weighted by Gasteiger charge is -2.11. The molecule has 0 N–H and O–H groups in total. The molecule has 1 aliphatic heterocycles. The molecule has 0 saturated carbocycles. The molecule has 2 heterocycles. The van der Waals surface area contributed by atoms with Crippen molar-refractivity contribution < 1.29 is 14.3 Å². The van der Waals surface area contributed by atoms with Crippen molar-refractivity contribution in [3.63, 3.8) is 0 Å². The number of carbonyl (C=O) groups is 2. The first kappa shape index (κ1) is 16.4. The van der Waals surface area contributed by atoms with E-state index in [0.29, 0.717) is 11.4 Å². The Kier molecular flexibility index (Phi) is 4.49. The summed E-state index contributed by atoms with van der Waals surface area (Å²) >= 11 is 0.986. The van der Waals surface area contributed by atoms with E-state index in [1.807, 2.05) is 47.9 Å². The van der Waals surface area contributed by atoms with Crippen molar-refractivity contribution in [1.82, 2.24) is 9.47 Å². The van der Waals surface area contributed by atoms with Crippen LogP contribution in [0.1, 0.15) is 18.3 Å². The van der Waals surface area contributed by atoms with Gasteiger partial charge in [-0.2, -0.15) is 0 Å². The lowest BCUT2D eigenvalue weighted by atomic mass is 10.2. The van der Waals surface area contributed by atoms with E-state index >= 15 is 0 Å². The standard InChI is InChI=1S/C18H18N2O3S/c1-4-19-17(21)16(24-18(19)22)11-14-6-5-12(2)20(14)13-7-9-15(23-3)10-8-13/h5-11H,4H2,1-3H3/b16-11-. The first-order chi connectivity index (χ1) is 11.5. The Morgan fingerprint density at radius 3 is 2.42 bits per heavy atom. The number of imide groups is 1. The number of aromatic nitrogens is 1. The SMILES string of the molecule is CCN1C(=O)S/C(=C\c2ccc(C)n2-c2ccc(OC)cc2)C1=O. The van der Waals surface area contributed by atoms with Gasteiger partial charge in [0.2, 0.25) is 0 Å². The van der Waals surface area contributed by atoms with Crippen LogP contribution in [0.15, 0.2) is 41.3 Å². The summed E-state index contributed by atoms with van der Waals surface area (Å²) in [5.74, 6) is 0.557. The maximum absolute atomic E-state index is 12.3. The van der Waals surface area contributed by atoms with Crippen LogP contribution in [0.4, 0.5) is 4.79 Å². The number of rotatable bonds is 4. The van der Waals surface area contributed by atoms with Crippen molar-refractivity contribution >= 4 is 29.0 Å². The van der Waals surface area contributed by atoms with Gasteiger partial charge in [-0.25, -0.2) is 0 Å². The predicted molar refractivity (Wildman–Crippen MR) is 95.4 cm³/mol. The molecular weight excluding hydrogens is 324 g/mol. The molecule has 1 fully saturated rings. The van der Waals surface area contributed by atoms with E-state index in [9.17, 15) is 9.59 Å². The predicted octanol–water partition coefficient (Wildman–Crippen LogP) is 3.85. The van der Waals surface area contributed by atoms with Crippen molar-refractivity contribution in [3.05, 3.63) is 52.7 Å². The van der Waals surface area contributed by atoms with Crippen molar-refractivity contribution in [2.75, 3.05) is 13.7 Å². The highest BCUT2D eigenvalue weighted by Crippen LogP contribution is 2.32. The smallest absolute Gasteiger partial charge is 0.293 e. The van der Waals surface area contributed by atoms with Crippen LogP contribution in [0.25, 0.3) is 11.8 Å². The number of methoxy groups -OCH3 is 1. The van der Waals surface area contributed by atoms with Gasteiger partial charge in [-0.3, -0.25) is 14.5 Å². The Morgan fingerprint density at radius 1 is 1.12 bits per heavy atom. The van der Waals surface area contributed by atoms with Gasteiger partial charge < -0.3 is 9.30 Å². The number of aryl methyl sites for hydroxylation is 1. The van der Waals surface area contributed by atoms with Gasteiger partial charge in [-0.05, 0) is 68.1 Å². The van der Waals surface area contributed by atoms with Gasteiger partial charge in [0.1, 0.15) is 5.75 Å². The Bertz CT molecular complexity index is 821. The highest BCUT2D eigenvalue weighted by atomic mass is 32.2. The molecular formula is C18H18N2O3S. The van der Waals surface area contributed by atoms with E-state index in [2.05, 4.69) is 0 Å². The summed E-state index contributed by atoms with van der Waals surface area (Å²) in [4.78, 5) is 25.8. The number of likely N-dealkylation sites (N-methyl/N-ethyl adjacent to an activating group) is 1. The highest BCUT2D eigenvalue weighted by molar-refractivity contribution is 8.18. The number of nitrogens with zero attached hydrogens (tertiary/aromatic N) is 2. The van der Waals surface area contributed by atoms with Crippen molar-refractivity contribution in [2.24, 2.45) is 0 Å². The highest BCUT2D eigenvalue weighted by Gasteiger charge is 2.33. The second kappa shape index (κ2) is 6.57. The fraction of sp³-hybridized carbons (Fsp3) is 0.222. The average molecular weight is 342 g/mol. The maximum Gasteiger partial charge on any atom is 0.293 e. The molecule has 1 aromatic heterocycles. The van der Waals surface area contributed by atoms with Gasteiger partial charge in [0, 0.05) is 23.6 Å². The number of hydrogen-bond donors (Lipinski definition) is 0. The van der Waals surface area contributed by atoms with Crippen molar-refractivity contribution in [3.8, 4) is 11.4 Å². The van der Waals surface area contributed by atoms with Crippen LogP contribution >= 0.6 is 11.8 Å². The minimum atomic E-state index is -0.229. The Hall–Kier alpha value is -2.47. The van der Waals surface area contributed by atoms with Crippen LogP contribution in [-0.4, -0.2) is 34.3 Å². The van der Waals surface area contributed by atoms with Gasteiger partial charge in [0.25, 0.3) is 11.1 Å². The van der Waals surface area contributed by atoms with E-state index in [0.717, 1.165) is 34.6 Å². The number of amides is 2. The molecule has 0 spiro atoms. The van der Waals surface area contributed by atoms with E-state index in [1.54, 1.807) is 20.1 Å². The summed E-state index contributed by atoms with van der Waals surface area (Å²) in [6.45, 7) is 4.18. The molecule has 0 aliphatic carbocycles. The Labute approximate surface area is 144 Å². The molecule has 0 unspecified atom stereocenters. The Morgan fingerprint density at radius 2 is 1.83 bits per heavy atom. The zero-order valence-electron chi connectivity index (χ0n) is 13.8. The monoisotopic (exact) mass is 342 g/mol. The van der Waals surface area contributed by atoms with E-state index in [-0.39, 0.29) is 11.1 Å². The molecule has 1 aliphatic rings. The second-order valence-electron chi connectivity index (χ2n) is 5.36. The number of carbonyl (C=O) groups excluding carboxylic acids is 2. The fourth-order valence-corrected chi connectivity index (χ4v) is 3.55. The number of thioether (sulfide) groups is 1. The summed E-state index contributed by atoms with van der Waals surface area (Å²) in [6, 6.07) is 11.6. The Balaban J connectivity index is 2.00. The molecule has 0 bridgehead atoms. The third-order valence-electron chi connectivity index (χ3n) is 3.91. The van der Waals surface area contributed by atoms with E-state index in [4.69, 9.17) is 4.74 Å². The summed E-state index contributed by atoms with van der Waals surface area (Å²) in [5.41, 5.74) is 2.87. The van der Waals surface area contributed by atoms with Gasteiger partial charge >= 0.3 is 0 Å². The van der Waals surface area contributed by atoms with Gasteiger partial charge in [0.05, 0.1) is 12.0 Å². The van der Waals surface area contributed by atoms with Crippen molar-refractivity contribution in [1.29, 1.82) is 0 Å². The number of benzene rings is 1. The van der Waals surface area contributed by atoms with Gasteiger partial charge in [-0.15, -0.1) is 0 Å². The fourth-order valence-electron chi connectivity index (χ4n) is 2.66. The topological polar surface area (TPSA) is 51.5 Å². The molecule has 6 heteroatoms. The summed E-state index contributed by atoms with van der Waals surface area (Å²) in [6.07, 6.45) is 1.78. The second-order valence-corrected chi connectivity index (χ2v) is 6.35. The first-order valence-electron chi connectivity index (χ1n) is 7.63. The van der Waals surface area contributed by atoms with Gasteiger partial charge in [-0.1, -0.05) is 0 Å². The quantitative estimate of drug-likeness (QED) is 0.792. The summed E-state index contributed by atoms with van der Waals surface area (Å²) < 4.78 is 7.23. The largest absolute Gasteiger partial charge is 0.497 e. The van der Waals surface area contributed by atoms with Crippen molar-refractivity contribution in [2.45, 2.75) is 13.8 Å². The van der Waals surface area contributed by atoms with Crippen LogP contribution < -0.4 is 4.74 Å². The molecule has 1 aromatic carbocycles.